The summed E-state index contributed by atoms with van der Waals surface area (Å²) in [6, 6.07) is 75.5. The fraction of sp³-hybridized carbons (Fsp3) is 0. The van der Waals surface area contributed by atoms with E-state index in [0.29, 0.717) is 0 Å². The number of pyridine rings is 1. The highest BCUT2D eigenvalue weighted by Gasteiger charge is 2.42. The first-order chi connectivity index (χ1) is 28.8. The first-order valence-corrected chi connectivity index (χ1v) is 21.8. The molecule has 0 atom stereocenters. The van der Waals surface area contributed by atoms with E-state index in [-0.39, 0.29) is 0 Å². The van der Waals surface area contributed by atoms with Crippen LogP contribution in [0, 0.1) is 0 Å². The van der Waals surface area contributed by atoms with Crippen molar-refractivity contribution in [1.82, 2.24) is 14.1 Å². The Morgan fingerprint density at radius 3 is 1.57 bits per heavy atom. The maximum absolute atomic E-state index is 6.41. The molecule has 0 N–H and O–H groups in total. The molecule has 272 valence electrons. The Morgan fingerprint density at radius 2 is 0.879 bits per heavy atom. The van der Waals surface area contributed by atoms with E-state index in [1.165, 1.54) is 42.4 Å². The maximum atomic E-state index is 6.41. The van der Waals surface area contributed by atoms with Crippen LogP contribution in [0.4, 0.5) is 0 Å². The molecule has 0 fully saturated rings. The second kappa shape index (κ2) is 12.8. The van der Waals surface area contributed by atoms with Crippen LogP contribution in [0.25, 0.3) is 77.1 Å². The van der Waals surface area contributed by atoms with Crippen molar-refractivity contribution in [2.24, 2.45) is 0 Å². The quantitative estimate of drug-likeness (QED) is 0.125. The Bertz CT molecular complexity index is 3430. The van der Waals surface area contributed by atoms with E-state index in [1.54, 1.807) is 0 Å². The van der Waals surface area contributed by atoms with E-state index in [2.05, 4.69) is 203 Å². The summed E-state index contributed by atoms with van der Waals surface area (Å²) in [5, 5.41) is 12.2. The molecule has 12 aromatic rings. The van der Waals surface area contributed by atoms with Gasteiger partial charge in [0, 0.05) is 49.9 Å². The fourth-order valence-electron chi connectivity index (χ4n) is 9.66. The first-order valence-electron chi connectivity index (χ1n) is 19.8. The van der Waals surface area contributed by atoms with Gasteiger partial charge in [-0.2, -0.15) is 0 Å². The highest BCUT2D eigenvalue weighted by molar-refractivity contribution is 7.20. The Balaban J connectivity index is 1.15. The minimum atomic E-state index is -2.99. The van der Waals surface area contributed by atoms with E-state index in [4.69, 9.17) is 9.40 Å². The lowest BCUT2D eigenvalue weighted by Gasteiger charge is -2.35. The first kappa shape index (κ1) is 32.7. The van der Waals surface area contributed by atoms with Crippen LogP contribution in [0.15, 0.2) is 217 Å². The number of aromatic nitrogens is 3. The molecule has 4 aromatic heterocycles. The molecule has 0 saturated carbocycles. The Labute approximate surface area is 335 Å². The number of benzene rings is 8. The van der Waals surface area contributed by atoms with Crippen LogP contribution in [-0.4, -0.2) is 22.2 Å². The summed E-state index contributed by atoms with van der Waals surface area (Å²) in [4.78, 5) is 4.95. The van der Waals surface area contributed by atoms with Crippen molar-refractivity contribution < 1.29 is 4.42 Å². The number of para-hydroxylation sites is 3. The average Bonchev–Trinajstić information content (AvgIpc) is 3.94. The average molecular weight is 758 g/mol. The Morgan fingerprint density at radius 1 is 0.345 bits per heavy atom. The second-order valence-corrected chi connectivity index (χ2v) is 18.9. The van der Waals surface area contributed by atoms with Gasteiger partial charge in [0.2, 0.25) is 0 Å². The van der Waals surface area contributed by atoms with E-state index < -0.39 is 8.07 Å². The molecular weight excluding hydrogens is 723 g/mol. The van der Waals surface area contributed by atoms with Gasteiger partial charge in [-0.05, 0) is 87.5 Å². The third kappa shape index (κ3) is 4.71. The van der Waals surface area contributed by atoms with E-state index in [1.807, 2.05) is 18.3 Å². The predicted octanol–water partition coefficient (Wildman–Crippen LogP) is 10.6. The van der Waals surface area contributed by atoms with Gasteiger partial charge in [-0.25, -0.2) is 4.98 Å². The molecule has 0 radical (unpaired) electrons. The van der Waals surface area contributed by atoms with Crippen LogP contribution in [-0.2, 0) is 0 Å². The standard InChI is InChI=1S/C53H35N3OSi/c1-3-18-38(19-4-1)58(39-20-5-2-6-21-39,41-23-14-17-37(33-41)56-49-29-11-7-24-42(49)45-27-15-31-54-53(45)56)40-22-13-16-36(32-40)55-48-28-10-8-25-43(48)46-35-52-47(34-50(46)55)44-26-9-12-30-51(44)57-52/h1-35H. The molecule has 58 heavy (non-hydrogen) atoms. The molecule has 4 nitrogen and oxygen atoms in total. The van der Waals surface area contributed by atoms with Gasteiger partial charge in [0.15, 0.2) is 8.07 Å². The van der Waals surface area contributed by atoms with Crippen molar-refractivity contribution in [3.05, 3.63) is 212 Å². The lowest BCUT2D eigenvalue weighted by atomic mass is 10.1. The zero-order valence-electron chi connectivity index (χ0n) is 31.5. The molecule has 0 saturated heterocycles. The largest absolute Gasteiger partial charge is 0.456 e. The summed E-state index contributed by atoms with van der Waals surface area (Å²) in [5.41, 5.74) is 8.47. The molecule has 0 aliphatic rings. The number of hydrogen-bond acceptors (Lipinski definition) is 2. The summed E-state index contributed by atoms with van der Waals surface area (Å²) >= 11 is 0. The van der Waals surface area contributed by atoms with E-state index in [9.17, 15) is 0 Å². The lowest BCUT2D eigenvalue weighted by Crippen LogP contribution is -2.74. The van der Waals surface area contributed by atoms with Crippen LogP contribution in [0.5, 0.6) is 0 Å². The molecule has 8 aromatic carbocycles. The lowest BCUT2D eigenvalue weighted by molar-refractivity contribution is 0.669. The summed E-state index contributed by atoms with van der Waals surface area (Å²) in [6.07, 6.45) is 1.90. The number of hydrogen-bond donors (Lipinski definition) is 0. The summed E-state index contributed by atoms with van der Waals surface area (Å²) in [6.45, 7) is 0. The van der Waals surface area contributed by atoms with Crippen LogP contribution in [0.2, 0.25) is 0 Å². The number of fused-ring (bicyclic) bond motifs is 9. The molecular formula is C53H35N3OSi. The van der Waals surface area contributed by atoms with Crippen LogP contribution in [0.1, 0.15) is 0 Å². The topological polar surface area (TPSA) is 35.9 Å². The monoisotopic (exact) mass is 757 g/mol. The second-order valence-electron chi connectivity index (χ2n) is 15.1. The molecule has 12 rings (SSSR count). The highest BCUT2D eigenvalue weighted by atomic mass is 28.3. The summed E-state index contributed by atoms with van der Waals surface area (Å²) < 4.78 is 11.2. The van der Waals surface area contributed by atoms with Crippen molar-refractivity contribution >= 4 is 94.5 Å². The van der Waals surface area contributed by atoms with Gasteiger partial charge in [-0.3, -0.25) is 4.57 Å². The minimum absolute atomic E-state index is 0.906. The Hall–Kier alpha value is -7.47. The third-order valence-electron chi connectivity index (χ3n) is 12.1. The fourth-order valence-corrected chi connectivity index (χ4v) is 14.5. The summed E-state index contributed by atoms with van der Waals surface area (Å²) in [7, 11) is -2.99. The molecule has 0 aliphatic heterocycles. The normalized spacial score (nSPS) is 12.1. The molecule has 0 unspecified atom stereocenters. The molecule has 4 heterocycles. The molecule has 0 spiro atoms. The zero-order valence-corrected chi connectivity index (χ0v) is 32.5. The zero-order chi connectivity index (χ0) is 38.2. The van der Waals surface area contributed by atoms with Gasteiger partial charge in [0.25, 0.3) is 0 Å². The van der Waals surface area contributed by atoms with Gasteiger partial charge >= 0.3 is 0 Å². The molecule has 0 aliphatic carbocycles. The van der Waals surface area contributed by atoms with Gasteiger partial charge < -0.3 is 8.98 Å². The molecule has 5 heteroatoms. The van der Waals surface area contributed by atoms with E-state index in [0.717, 1.165) is 55.4 Å². The van der Waals surface area contributed by atoms with Crippen molar-refractivity contribution in [2.75, 3.05) is 0 Å². The molecule has 0 amide bonds. The third-order valence-corrected chi connectivity index (χ3v) is 16.8. The van der Waals surface area contributed by atoms with Crippen LogP contribution < -0.4 is 20.7 Å². The van der Waals surface area contributed by atoms with Crippen molar-refractivity contribution in [3.63, 3.8) is 0 Å². The highest BCUT2D eigenvalue weighted by Crippen LogP contribution is 2.38. The van der Waals surface area contributed by atoms with Gasteiger partial charge in [0.1, 0.15) is 16.8 Å². The molecule has 0 bridgehead atoms. The van der Waals surface area contributed by atoms with Crippen LogP contribution in [0.3, 0.4) is 0 Å². The minimum Gasteiger partial charge on any atom is -0.456 e. The predicted molar refractivity (Wildman–Crippen MR) is 244 cm³/mol. The smallest absolute Gasteiger partial charge is 0.179 e. The van der Waals surface area contributed by atoms with Crippen molar-refractivity contribution in [3.8, 4) is 11.4 Å². The number of nitrogens with zero attached hydrogens (tertiary/aromatic N) is 3. The SMILES string of the molecule is c1ccc([Si](c2ccccc2)(c2cccc(-n3c4ccccc4c4cc5oc6ccccc6c5cc43)c2)c2cccc(-n3c4ccccc4c4cccnc43)c2)cc1. The van der Waals surface area contributed by atoms with Crippen molar-refractivity contribution in [2.45, 2.75) is 0 Å². The summed E-state index contributed by atoms with van der Waals surface area (Å²) in [5.74, 6) is 0. The van der Waals surface area contributed by atoms with Crippen LogP contribution >= 0.6 is 0 Å². The Kier molecular flexibility index (Phi) is 7.21. The number of furan rings is 1. The van der Waals surface area contributed by atoms with Crippen molar-refractivity contribution in [1.29, 1.82) is 0 Å². The van der Waals surface area contributed by atoms with Gasteiger partial charge in [0.05, 0.1) is 16.6 Å². The van der Waals surface area contributed by atoms with Gasteiger partial charge in [-0.15, -0.1) is 0 Å². The van der Waals surface area contributed by atoms with Gasteiger partial charge in [-0.1, -0.05) is 140 Å². The van der Waals surface area contributed by atoms with E-state index >= 15 is 0 Å². The maximum Gasteiger partial charge on any atom is 0.179 e. The number of rotatable bonds is 6.